The molecule has 5 nitrogen and oxygen atoms in total. The molecule has 184 valence electrons. The Bertz CT molecular complexity index is 925. The molecular weight excluding hydrogens is 416 g/mol. The molecule has 0 amide bonds. The third-order valence-corrected chi connectivity index (χ3v) is 11.1. The lowest BCUT2D eigenvalue weighted by Crippen LogP contribution is -2.71. The van der Waals surface area contributed by atoms with Crippen molar-refractivity contribution < 1.29 is 24.4 Å². The standard InChI is InChI=1S/C28H42O5/c1-16(2)17(3)7-8-18(4)20-9-10-21-22-26(14-13-24(20,21)5)25(6)12-11-19(29)15-27(25)32-23(31-26)28(22,30)33-27/h7-8,16-20,23,29-30H,9-15H2,1-6H3/b8-7+/t17-,18+,19-,20+,23?,24+,25+,26+,27-,28+/m0/s1. The van der Waals surface area contributed by atoms with E-state index in [0.29, 0.717) is 30.1 Å². The summed E-state index contributed by atoms with van der Waals surface area (Å²) < 4.78 is 19.5. The van der Waals surface area contributed by atoms with Gasteiger partial charge in [-0.25, -0.2) is 0 Å². The molecule has 33 heavy (non-hydrogen) atoms. The van der Waals surface area contributed by atoms with Crippen LogP contribution in [0.25, 0.3) is 0 Å². The van der Waals surface area contributed by atoms with Gasteiger partial charge >= 0.3 is 0 Å². The van der Waals surface area contributed by atoms with Gasteiger partial charge < -0.3 is 24.4 Å². The molecule has 4 saturated heterocycles. The van der Waals surface area contributed by atoms with Gasteiger partial charge in [0.25, 0.3) is 0 Å². The van der Waals surface area contributed by atoms with Crippen molar-refractivity contribution in [3.63, 3.8) is 0 Å². The summed E-state index contributed by atoms with van der Waals surface area (Å²) in [7, 11) is 0. The molecule has 0 aromatic rings. The maximum Gasteiger partial charge on any atom is 0.247 e. The van der Waals surface area contributed by atoms with Gasteiger partial charge in [0.1, 0.15) is 5.60 Å². The van der Waals surface area contributed by atoms with E-state index >= 15 is 0 Å². The SMILES string of the molecule is CC(C)[C@@H](C)/C=C/[C@@H](C)[C@H]1CCC2=C3[C@@]4(O)O[C@@]56C[C@@H](O)CC[C@]5(C)[C@]3(CC[C@@]21C)OC4O6. The summed E-state index contributed by atoms with van der Waals surface area (Å²) in [6.07, 6.45) is 9.57. The smallest absolute Gasteiger partial charge is 0.247 e. The van der Waals surface area contributed by atoms with Crippen molar-refractivity contribution in [2.24, 2.45) is 34.5 Å². The van der Waals surface area contributed by atoms with E-state index in [1.165, 1.54) is 5.57 Å². The fourth-order valence-corrected chi connectivity index (χ4v) is 8.69. The minimum Gasteiger partial charge on any atom is -0.393 e. The van der Waals surface area contributed by atoms with Crippen LogP contribution in [0.1, 0.15) is 86.5 Å². The topological polar surface area (TPSA) is 68.2 Å². The predicted molar refractivity (Wildman–Crippen MR) is 125 cm³/mol. The summed E-state index contributed by atoms with van der Waals surface area (Å²) >= 11 is 0. The molecule has 5 heteroatoms. The van der Waals surface area contributed by atoms with Crippen LogP contribution >= 0.6 is 0 Å². The molecular formula is C28H42O5. The summed E-state index contributed by atoms with van der Waals surface area (Å²) in [5.41, 5.74) is 1.45. The Morgan fingerprint density at radius 3 is 2.48 bits per heavy atom. The number of aliphatic hydroxyl groups is 2. The van der Waals surface area contributed by atoms with Gasteiger partial charge in [-0.05, 0) is 67.6 Å². The molecule has 6 fully saturated rings. The molecule has 0 aromatic carbocycles. The number of rotatable bonds is 4. The van der Waals surface area contributed by atoms with E-state index in [0.717, 1.165) is 44.1 Å². The molecule has 1 unspecified atom stereocenters. The first-order chi connectivity index (χ1) is 15.4. The van der Waals surface area contributed by atoms with Gasteiger partial charge in [-0.15, -0.1) is 0 Å². The second-order valence-corrected chi connectivity index (χ2v) is 12.9. The third kappa shape index (κ3) is 2.51. The molecule has 4 heterocycles. The van der Waals surface area contributed by atoms with E-state index in [9.17, 15) is 10.2 Å². The normalized spacial score (nSPS) is 54.2. The Labute approximate surface area is 198 Å². The average Bonchev–Trinajstić information content (AvgIpc) is 3.28. The molecule has 2 N–H and O–H groups in total. The first kappa shape index (κ1) is 22.7. The van der Waals surface area contributed by atoms with Crippen LogP contribution in [0.3, 0.4) is 0 Å². The lowest BCUT2D eigenvalue weighted by Gasteiger charge is -2.64. The minimum absolute atomic E-state index is 0.0358. The third-order valence-electron chi connectivity index (χ3n) is 11.1. The Kier molecular flexibility index (Phi) is 4.63. The van der Waals surface area contributed by atoms with Crippen LogP contribution in [0.4, 0.5) is 0 Å². The number of aliphatic hydroxyl groups excluding tert-OH is 1. The Morgan fingerprint density at radius 1 is 1.00 bits per heavy atom. The van der Waals surface area contributed by atoms with Crippen molar-refractivity contribution in [1.82, 2.24) is 0 Å². The molecule has 10 atom stereocenters. The quantitative estimate of drug-likeness (QED) is 0.576. The van der Waals surface area contributed by atoms with E-state index in [1.807, 2.05) is 0 Å². The van der Waals surface area contributed by atoms with E-state index in [1.54, 1.807) is 0 Å². The zero-order chi connectivity index (χ0) is 23.6. The van der Waals surface area contributed by atoms with Crippen LogP contribution in [0, 0.1) is 34.5 Å². The summed E-state index contributed by atoms with van der Waals surface area (Å²) in [5.74, 6) is -0.224. The summed E-state index contributed by atoms with van der Waals surface area (Å²) in [5, 5.41) is 22.4. The number of ether oxygens (including phenoxy) is 3. The van der Waals surface area contributed by atoms with E-state index < -0.39 is 35.0 Å². The zero-order valence-corrected chi connectivity index (χ0v) is 21.2. The van der Waals surface area contributed by atoms with Crippen molar-refractivity contribution in [3.8, 4) is 0 Å². The van der Waals surface area contributed by atoms with Crippen LogP contribution < -0.4 is 0 Å². The van der Waals surface area contributed by atoms with Gasteiger partial charge in [0, 0.05) is 12.0 Å². The second kappa shape index (κ2) is 6.73. The molecule has 4 bridgehead atoms. The average molecular weight is 459 g/mol. The fourth-order valence-electron chi connectivity index (χ4n) is 8.69. The number of allylic oxidation sites excluding steroid dienone is 3. The van der Waals surface area contributed by atoms with Crippen LogP contribution in [0.5, 0.6) is 0 Å². The second-order valence-electron chi connectivity index (χ2n) is 12.9. The van der Waals surface area contributed by atoms with E-state index in [4.69, 9.17) is 14.2 Å². The highest BCUT2D eigenvalue weighted by atomic mass is 16.9. The van der Waals surface area contributed by atoms with Crippen LogP contribution in [-0.4, -0.2) is 39.8 Å². The molecule has 7 aliphatic rings. The molecule has 0 radical (unpaired) electrons. The van der Waals surface area contributed by atoms with Crippen molar-refractivity contribution in [1.29, 1.82) is 0 Å². The Balaban J connectivity index is 1.42. The van der Waals surface area contributed by atoms with Crippen molar-refractivity contribution in [2.75, 3.05) is 0 Å². The summed E-state index contributed by atoms with van der Waals surface area (Å²) in [6.45, 7) is 13.9. The maximum absolute atomic E-state index is 12.0. The van der Waals surface area contributed by atoms with E-state index in [2.05, 4.69) is 53.7 Å². The van der Waals surface area contributed by atoms with Crippen LogP contribution in [-0.2, 0) is 14.2 Å². The monoisotopic (exact) mass is 458 g/mol. The Hall–Kier alpha value is -0.720. The Morgan fingerprint density at radius 2 is 1.76 bits per heavy atom. The fraction of sp³-hybridized carbons (Fsp3) is 0.857. The van der Waals surface area contributed by atoms with Gasteiger partial charge in [-0.3, -0.25) is 0 Å². The number of hydrogen-bond acceptors (Lipinski definition) is 5. The highest BCUT2D eigenvalue weighted by Crippen LogP contribution is 2.77. The first-order valence-corrected chi connectivity index (χ1v) is 13.3. The minimum atomic E-state index is -1.52. The van der Waals surface area contributed by atoms with Gasteiger partial charge in [0.15, 0.2) is 5.79 Å². The van der Waals surface area contributed by atoms with Gasteiger partial charge in [-0.1, -0.05) is 59.3 Å². The maximum atomic E-state index is 12.0. The molecule has 3 aliphatic carbocycles. The van der Waals surface area contributed by atoms with Gasteiger partial charge in [-0.2, -0.15) is 0 Å². The van der Waals surface area contributed by atoms with Gasteiger partial charge in [0.05, 0.1) is 11.5 Å². The number of hydrogen-bond donors (Lipinski definition) is 2. The van der Waals surface area contributed by atoms with Crippen molar-refractivity contribution in [2.45, 2.75) is 116 Å². The van der Waals surface area contributed by atoms with Crippen molar-refractivity contribution >= 4 is 0 Å². The lowest BCUT2D eigenvalue weighted by molar-refractivity contribution is -0.397. The zero-order valence-electron chi connectivity index (χ0n) is 21.2. The summed E-state index contributed by atoms with van der Waals surface area (Å²) in [4.78, 5) is 0. The largest absolute Gasteiger partial charge is 0.393 e. The van der Waals surface area contributed by atoms with Crippen molar-refractivity contribution in [3.05, 3.63) is 23.3 Å². The summed E-state index contributed by atoms with van der Waals surface area (Å²) in [6, 6.07) is 0. The van der Waals surface area contributed by atoms with E-state index in [-0.39, 0.29) is 5.41 Å². The molecule has 0 aromatic heterocycles. The van der Waals surface area contributed by atoms with Crippen LogP contribution in [0.15, 0.2) is 23.3 Å². The van der Waals surface area contributed by atoms with Crippen LogP contribution in [0.2, 0.25) is 0 Å². The highest BCUT2D eigenvalue weighted by molar-refractivity contribution is 5.49. The highest BCUT2D eigenvalue weighted by Gasteiger charge is 2.87. The predicted octanol–water partition coefficient (Wildman–Crippen LogP) is 5.07. The number of fused-ring (bicyclic) bond motifs is 1. The molecule has 4 aliphatic heterocycles. The van der Waals surface area contributed by atoms with Gasteiger partial charge in [0.2, 0.25) is 12.1 Å². The molecule has 2 spiro atoms. The molecule has 2 saturated carbocycles. The first-order valence-electron chi connectivity index (χ1n) is 13.3. The lowest BCUT2D eigenvalue weighted by atomic mass is 9.50. The molecule has 7 rings (SSSR count).